The zero-order valence-corrected chi connectivity index (χ0v) is 16.5. The average Bonchev–Trinajstić information content (AvgIpc) is 3.14. The monoisotopic (exact) mass is 399 g/mol. The number of nitrogens with zero attached hydrogens (tertiary/aromatic N) is 1. The number of carboxylic acids is 1. The Hall–Kier alpha value is -1.13. The van der Waals surface area contributed by atoms with Gasteiger partial charge in [-0.3, -0.25) is 10.1 Å². The van der Waals surface area contributed by atoms with Gasteiger partial charge in [0.1, 0.15) is 5.70 Å². The quantitative estimate of drug-likeness (QED) is 0.207. The Morgan fingerprint density at radius 2 is 2.22 bits per heavy atom. The second kappa shape index (κ2) is 8.48. The molecule has 0 aromatic carbocycles. The normalized spacial score (nSPS) is 34.0. The summed E-state index contributed by atoms with van der Waals surface area (Å²) in [6, 6.07) is 0.137. The number of β-lactam (4-membered cyclic amide) rings is 1. The Kier molecular flexibility index (Phi) is 6.47. The molecule has 9 heteroatoms. The molecule has 27 heavy (non-hydrogen) atoms. The Bertz CT molecular complexity index is 626. The fourth-order valence-electron chi connectivity index (χ4n) is 4.50. The minimum atomic E-state index is -1.07. The van der Waals surface area contributed by atoms with E-state index >= 15 is 0 Å². The van der Waals surface area contributed by atoms with E-state index in [1.807, 2.05) is 6.92 Å². The summed E-state index contributed by atoms with van der Waals surface area (Å²) in [6.45, 7) is 5.12. The summed E-state index contributed by atoms with van der Waals surface area (Å²) in [5.41, 5.74) is 0.106. The number of thioether (sulfide) groups is 1. The van der Waals surface area contributed by atoms with Gasteiger partial charge in [-0.25, -0.2) is 4.79 Å². The molecule has 2 fully saturated rings. The molecule has 0 spiro atoms. The van der Waals surface area contributed by atoms with Gasteiger partial charge < -0.3 is 25.5 Å². The molecule has 0 bridgehead atoms. The van der Waals surface area contributed by atoms with Crippen LogP contribution in [0.5, 0.6) is 0 Å². The molecular weight excluding hydrogens is 370 g/mol. The van der Waals surface area contributed by atoms with Gasteiger partial charge in [0, 0.05) is 28.7 Å². The van der Waals surface area contributed by atoms with Crippen molar-refractivity contribution < 1.29 is 24.9 Å². The lowest BCUT2D eigenvalue weighted by Gasteiger charge is -2.46. The third kappa shape index (κ3) is 3.88. The van der Waals surface area contributed by atoms with Crippen molar-refractivity contribution in [2.24, 2.45) is 11.8 Å². The summed E-state index contributed by atoms with van der Waals surface area (Å²) in [4.78, 5) is 26.4. The average molecular weight is 400 g/mol. The van der Waals surface area contributed by atoms with Gasteiger partial charge in [0.05, 0.1) is 24.8 Å². The summed E-state index contributed by atoms with van der Waals surface area (Å²) < 4.78 is 0. The molecule has 1 amide bonds. The molecule has 5 N–H and O–H groups in total. The Balaban J connectivity index is 1.64. The van der Waals surface area contributed by atoms with Crippen molar-refractivity contribution in [2.45, 2.75) is 56.5 Å². The molecule has 0 unspecified atom stereocenters. The van der Waals surface area contributed by atoms with Gasteiger partial charge in [0.15, 0.2) is 0 Å². The Morgan fingerprint density at radius 3 is 2.85 bits per heavy atom. The highest BCUT2D eigenvalue weighted by atomic mass is 32.2. The molecule has 0 aromatic rings. The Labute approximate surface area is 163 Å². The van der Waals surface area contributed by atoms with Crippen molar-refractivity contribution in [1.29, 1.82) is 0 Å². The fourth-order valence-corrected chi connectivity index (χ4v) is 6.02. The molecule has 8 nitrogen and oxygen atoms in total. The SMILES string of the molecule is C[C@@H]1C(S[C@@H]2CN[C@@H](CCCNCO)C2)=C(C(=O)O)N2C(=O)[C@H]([C@@H](C)O)[C@@H]12. The number of aliphatic hydroxyl groups excluding tert-OH is 2. The smallest absolute Gasteiger partial charge is 0.353 e. The molecule has 3 aliphatic heterocycles. The fraction of sp³-hybridized carbons (Fsp3) is 0.778. The topological polar surface area (TPSA) is 122 Å². The summed E-state index contributed by atoms with van der Waals surface area (Å²) in [7, 11) is 0. The van der Waals surface area contributed by atoms with Crippen LogP contribution in [-0.4, -0.2) is 75.4 Å². The van der Waals surface area contributed by atoms with E-state index in [-0.39, 0.29) is 35.5 Å². The van der Waals surface area contributed by atoms with Crippen molar-refractivity contribution in [1.82, 2.24) is 15.5 Å². The number of aliphatic carboxylic acids is 1. The van der Waals surface area contributed by atoms with Crippen LogP contribution >= 0.6 is 11.8 Å². The van der Waals surface area contributed by atoms with E-state index in [1.165, 1.54) is 4.90 Å². The van der Waals surface area contributed by atoms with Crippen molar-refractivity contribution in [3.8, 4) is 0 Å². The highest BCUT2D eigenvalue weighted by Crippen LogP contribution is 2.51. The number of amides is 1. The zero-order chi connectivity index (χ0) is 19.7. The number of hydrogen-bond donors (Lipinski definition) is 5. The lowest BCUT2D eigenvalue weighted by atomic mass is 9.79. The van der Waals surface area contributed by atoms with Gasteiger partial charge in [-0.15, -0.1) is 11.8 Å². The van der Waals surface area contributed by atoms with Crippen LogP contribution in [0.4, 0.5) is 0 Å². The van der Waals surface area contributed by atoms with Crippen LogP contribution in [0.25, 0.3) is 0 Å². The molecule has 3 aliphatic rings. The van der Waals surface area contributed by atoms with Crippen molar-refractivity contribution >= 4 is 23.6 Å². The van der Waals surface area contributed by atoms with Crippen LogP contribution < -0.4 is 10.6 Å². The molecule has 0 radical (unpaired) electrons. The lowest BCUT2D eigenvalue weighted by molar-refractivity contribution is -0.163. The van der Waals surface area contributed by atoms with Crippen molar-refractivity contribution in [3.05, 3.63) is 10.6 Å². The van der Waals surface area contributed by atoms with E-state index in [2.05, 4.69) is 10.6 Å². The zero-order valence-electron chi connectivity index (χ0n) is 15.7. The third-order valence-corrected chi connectivity index (χ3v) is 7.32. The van der Waals surface area contributed by atoms with Crippen LogP contribution in [0.1, 0.15) is 33.1 Å². The van der Waals surface area contributed by atoms with Gasteiger partial charge in [0.2, 0.25) is 5.91 Å². The molecule has 2 saturated heterocycles. The van der Waals surface area contributed by atoms with Gasteiger partial charge in [-0.2, -0.15) is 0 Å². The predicted molar refractivity (Wildman–Crippen MR) is 102 cm³/mol. The summed E-state index contributed by atoms with van der Waals surface area (Å²) in [6.07, 6.45) is 2.15. The highest BCUT2D eigenvalue weighted by Gasteiger charge is 2.60. The number of fused-ring (bicyclic) bond motifs is 1. The highest BCUT2D eigenvalue weighted by molar-refractivity contribution is 8.03. The lowest BCUT2D eigenvalue weighted by Crippen LogP contribution is -2.63. The second-order valence-corrected chi connectivity index (χ2v) is 9.00. The number of carbonyl (C=O) groups excluding carboxylic acids is 1. The molecular formula is C18H29N3O5S. The standard InChI is InChI=1S/C18H29N3O5S/c1-9-14-13(10(2)23)17(24)21(14)15(18(25)26)16(9)27-12-6-11(20-7-12)4-3-5-19-8-22/h9-14,19-20,22-23H,3-8H2,1-2H3,(H,25,26)/t9-,10+,11-,12-,13+,14+/m0/s1. The van der Waals surface area contributed by atoms with E-state index in [1.54, 1.807) is 18.7 Å². The molecule has 0 aliphatic carbocycles. The molecule has 3 heterocycles. The van der Waals surface area contributed by atoms with Crippen molar-refractivity contribution in [3.63, 3.8) is 0 Å². The maximum absolute atomic E-state index is 12.4. The first-order chi connectivity index (χ1) is 12.9. The van der Waals surface area contributed by atoms with E-state index in [4.69, 9.17) is 5.11 Å². The van der Waals surface area contributed by atoms with Crippen LogP contribution in [0.2, 0.25) is 0 Å². The Morgan fingerprint density at radius 1 is 1.48 bits per heavy atom. The summed E-state index contributed by atoms with van der Waals surface area (Å²) in [5, 5.41) is 35.0. The maximum Gasteiger partial charge on any atom is 0.353 e. The van der Waals surface area contributed by atoms with Crippen LogP contribution in [0, 0.1) is 11.8 Å². The van der Waals surface area contributed by atoms with Crippen LogP contribution in [-0.2, 0) is 9.59 Å². The van der Waals surface area contributed by atoms with E-state index in [9.17, 15) is 19.8 Å². The van der Waals surface area contributed by atoms with Gasteiger partial charge in [-0.05, 0) is 32.7 Å². The van der Waals surface area contributed by atoms with Crippen molar-refractivity contribution in [2.75, 3.05) is 19.8 Å². The number of aliphatic hydroxyl groups is 2. The van der Waals surface area contributed by atoms with Crippen LogP contribution in [0.15, 0.2) is 10.6 Å². The maximum atomic E-state index is 12.4. The number of hydrogen-bond acceptors (Lipinski definition) is 7. The summed E-state index contributed by atoms with van der Waals surface area (Å²) in [5.74, 6) is -1.94. The first-order valence-electron chi connectivity index (χ1n) is 9.57. The first-order valence-corrected chi connectivity index (χ1v) is 10.4. The molecule has 0 aromatic heterocycles. The molecule has 3 rings (SSSR count). The van der Waals surface area contributed by atoms with E-state index < -0.39 is 18.0 Å². The van der Waals surface area contributed by atoms with E-state index in [0.29, 0.717) is 6.04 Å². The third-order valence-electron chi connectivity index (χ3n) is 5.80. The van der Waals surface area contributed by atoms with Crippen LogP contribution in [0.3, 0.4) is 0 Å². The number of carboxylic acid groups (broad SMARTS) is 1. The minimum absolute atomic E-state index is 0.00951. The van der Waals surface area contributed by atoms with Gasteiger partial charge in [-0.1, -0.05) is 6.92 Å². The van der Waals surface area contributed by atoms with Gasteiger partial charge >= 0.3 is 5.97 Å². The first kappa shape index (κ1) is 20.6. The number of nitrogens with one attached hydrogen (secondary N) is 2. The van der Waals surface area contributed by atoms with E-state index in [0.717, 1.165) is 37.3 Å². The predicted octanol–water partition coefficient (Wildman–Crippen LogP) is -0.0766. The molecule has 6 atom stereocenters. The molecule has 152 valence electrons. The molecule has 0 saturated carbocycles. The van der Waals surface area contributed by atoms with Gasteiger partial charge in [0.25, 0.3) is 0 Å². The number of rotatable bonds is 9. The number of carbonyl (C=O) groups is 2. The largest absolute Gasteiger partial charge is 0.477 e. The minimum Gasteiger partial charge on any atom is -0.477 e. The second-order valence-electron chi connectivity index (χ2n) is 7.65. The summed E-state index contributed by atoms with van der Waals surface area (Å²) >= 11 is 1.58.